The number of methoxy groups -OCH3 is 1. The minimum Gasteiger partial charge on any atom is -0.481 e. The number of nitrogens with zero attached hydrogens (tertiary/aromatic N) is 3. The highest BCUT2D eigenvalue weighted by molar-refractivity contribution is 5.81. The quantitative estimate of drug-likeness (QED) is 0.884. The molecule has 0 radical (unpaired) electrons. The average Bonchev–Trinajstić information content (AvgIpc) is 3.06. The Morgan fingerprint density at radius 3 is 3.05 bits per heavy atom. The van der Waals surface area contributed by atoms with Crippen molar-refractivity contribution in [2.24, 2.45) is 0 Å². The van der Waals surface area contributed by atoms with Crippen LogP contribution in [0, 0.1) is 0 Å². The van der Waals surface area contributed by atoms with Crippen LogP contribution < -0.4 is 15.0 Å². The molecule has 3 rings (SSSR count). The lowest BCUT2D eigenvalue weighted by Crippen LogP contribution is -2.39. The zero-order valence-electron chi connectivity index (χ0n) is 13.2. The molecule has 0 spiro atoms. The van der Waals surface area contributed by atoms with Gasteiger partial charge in [0.1, 0.15) is 18.2 Å². The minimum absolute atomic E-state index is 0.0235. The third kappa shape index (κ3) is 2.85. The van der Waals surface area contributed by atoms with Crippen LogP contribution in [0.25, 0.3) is 0 Å². The van der Waals surface area contributed by atoms with E-state index in [1.54, 1.807) is 7.11 Å². The molecule has 0 bridgehead atoms. The number of hydrogen-bond donors (Lipinski definition) is 1. The first kappa shape index (κ1) is 15.0. The molecule has 1 aromatic heterocycles. The fraction of sp³-hybridized carbons (Fsp3) is 0.667. The van der Waals surface area contributed by atoms with Crippen LogP contribution in [-0.2, 0) is 9.53 Å². The number of ether oxygens (including phenoxy) is 2. The van der Waals surface area contributed by atoms with E-state index >= 15 is 0 Å². The molecule has 2 fully saturated rings. The van der Waals surface area contributed by atoms with Gasteiger partial charge in [0, 0.05) is 25.1 Å². The Morgan fingerprint density at radius 1 is 1.50 bits per heavy atom. The van der Waals surface area contributed by atoms with Crippen molar-refractivity contribution in [3.05, 3.63) is 12.4 Å². The van der Waals surface area contributed by atoms with Crippen molar-refractivity contribution in [1.29, 1.82) is 0 Å². The summed E-state index contributed by atoms with van der Waals surface area (Å²) in [4.78, 5) is 22.7. The molecule has 3 atom stereocenters. The summed E-state index contributed by atoms with van der Waals surface area (Å²) in [6.07, 6.45) is 2.81. The second kappa shape index (κ2) is 6.08. The highest BCUT2D eigenvalue weighted by atomic mass is 16.5. The molecule has 2 aliphatic heterocycles. The van der Waals surface area contributed by atoms with Gasteiger partial charge in [-0.05, 0) is 20.3 Å². The second-order valence-corrected chi connectivity index (χ2v) is 6.03. The number of hydrogen-bond acceptors (Lipinski definition) is 6. The number of fused-ring (bicyclic) bond motifs is 1. The summed E-state index contributed by atoms with van der Waals surface area (Å²) in [5.41, 5.74) is 0. The third-order valence-electron chi connectivity index (χ3n) is 4.13. The van der Waals surface area contributed by atoms with E-state index in [-0.39, 0.29) is 30.2 Å². The van der Waals surface area contributed by atoms with Crippen molar-refractivity contribution < 1.29 is 14.3 Å². The Morgan fingerprint density at radius 2 is 2.32 bits per heavy atom. The van der Waals surface area contributed by atoms with Crippen LogP contribution in [0.5, 0.6) is 5.88 Å². The van der Waals surface area contributed by atoms with Crippen molar-refractivity contribution in [1.82, 2.24) is 15.3 Å². The predicted octanol–water partition coefficient (Wildman–Crippen LogP) is 0.746. The number of nitrogens with one attached hydrogen (secondary N) is 1. The van der Waals surface area contributed by atoms with Gasteiger partial charge >= 0.3 is 0 Å². The first-order valence-electron chi connectivity index (χ1n) is 7.67. The summed E-state index contributed by atoms with van der Waals surface area (Å²) >= 11 is 0. The van der Waals surface area contributed by atoms with Crippen LogP contribution in [-0.4, -0.2) is 53.8 Å². The van der Waals surface area contributed by atoms with Gasteiger partial charge in [-0.2, -0.15) is 0 Å². The monoisotopic (exact) mass is 306 g/mol. The van der Waals surface area contributed by atoms with E-state index < -0.39 is 0 Å². The maximum absolute atomic E-state index is 12.1. The SMILES string of the molecule is COc1cc(N2CC[C@@H]3O[C@H](C(=O)NC(C)C)C[C@@H]32)ncn1. The van der Waals surface area contributed by atoms with Gasteiger partial charge in [-0.25, -0.2) is 9.97 Å². The maximum atomic E-state index is 12.1. The Hall–Kier alpha value is -1.89. The van der Waals surface area contributed by atoms with Crippen molar-refractivity contribution in [3.63, 3.8) is 0 Å². The number of aromatic nitrogens is 2. The Labute approximate surface area is 130 Å². The lowest BCUT2D eigenvalue weighted by molar-refractivity contribution is -0.132. The molecule has 1 amide bonds. The van der Waals surface area contributed by atoms with E-state index in [9.17, 15) is 4.79 Å². The van der Waals surface area contributed by atoms with Crippen LogP contribution in [0.4, 0.5) is 5.82 Å². The molecule has 7 heteroatoms. The van der Waals surface area contributed by atoms with Gasteiger partial charge in [0.25, 0.3) is 0 Å². The number of carbonyl (C=O) groups excluding carboxylic acids is 1. The Kier molecular flexibility index (Phi) is 4.15. The van der Waals surface area contributed by atoms with Gasteiger partial charge in [0.2, 0.25) is 11.8 Å². The minimum atomic E-state index is -0.371. The number of anilines is 1. The van der Waals surface area contributed by atoms with Crippen molar-refractivity contribution >= 4 is 11.7 Å². The lowest BCUT2D eigenvalue weighted by Gasteiger charge is -2.24. The first-order valence-corrected chi connectivity index (χ1v) is 7.67. The standard InChI is InChI=1S/C15H22N4O3/c1-9(2)18-15(20)12-6-10-11(22-12)4-5-19(10)13-7-14(21-3)17-8-16-13/h7-12H,4-6H2,1-3H3,(H,18,20)/t10-,11-,12-/m0/s1. The average molecular weight is 306 g/mol. The molecule has 3 heterocycles. The van der Waals surface area contributed by atoms with Gasteiger partial charge in [-0.3, -0.25) is 4.79 Å². The van der Waals surface area contributed by atoms with E-state index in [4.69, 9.17) is 9.47 Å². The van der Waals surface area contributed by atoms with Crippen molar-refractivity contribution in [2.45, 2.75) is 51.0 Å². The summed E-state index contributed by atoms with van der Waals surface area (Å²) < 4.78 is 11.1. The highest BCUT2D eigenvalue weighted by Crippen LogP contribution is 2.35. The molecular weight excluding hydrogens is 284 g/mol. The summed E-state index contributed by atoms with van der Waals surface area (Å²) in [6, 6.07) is 2.13. The van der Waals surface area contributed by atoms with Gasteiger partial charge < -0.3 is 19.7 Å². The van der Waals surface area contributed by atoms with E-state index in [1.165, 1.54) is 6.33 Å². The Bertz CT molecular complexity index is 551. The number of amides is 1. The molecule has 7 nitrogen and oxygen atoms in total. The molecule has 0 unspecified atom stereocenters. The fourth-order valence-corrected chi connectivity index (χ4v) is 3.18. The lowest BCUT2D eigenvalue weighted by atomic mass is 10.1. The molecular formula is C15H22N4O3. The van der Waals surface area contributed by atoms with E-state index in [0.29, 0.717) is 12.3 Å². The first-order chi connectivity index (χ1) is 10.6. The van der Waals surface area contributed by atoms with Crippen LogP contribution in [0.15, 0.2) is 12.4 Å². The molecule has 0 saturated carbocycles. The normalized spacial score (nSPS) is 27.1. The molecule has 22 heavy (non-hydrogen) atoms. The molecule has 0 aromatic carbocycles. The molecule has 120 valence electrons. The Balaban J connectivity index is 1.71. The smallest absolute Gasteiger partial charge is 0.249 e. The second-order valence-electron chi connectivity index (χ2n) is 6.03. The van der Waals surface area contributed by atoms with Gasteiger partial charge in [-0.1, -0.05) is 0 Å². The van der Waals surface area contributed by atoms with Crippen LogP contribution in [0.2, 0.25) is 0 Å². The summed E-state index contributed by atoms with van der Waals surface area (Å²) in [6.45, 7) is 4.77. The molecule has 0 aliphatic carbocycles. The van der Waals surface area contributed by atoms with Crippen molar-refractivity contribution in [2.75, 3.05) is 18.6 Å². The predicted molar refractivity (Wildman–Crippen MR) is 80.9 cm³/mol. The number of carbonyl (C=O) groups is 1. The zero-order valence-corrected chi connectivity index (χ0v) is 13.2. The summed E-state index contributed by atoms with van der Waals surface area (Å²) in [7, 11) is 1.59. The summed E-state index contributed by atoms with van der Waals surface area (Å²) in [5.74, 6) is 1.35. The molecule has 2 aliphatic rings. The van der Waals surface area contributed by atoms with E-state index in [1.807, 2.05) is 19.9 Å². The number of rotatable bonds is 4. The van der Waals surface area contributed by atoms with Crippen LogP contribution in [0.3, 0.4) is 0 Å². The largest absolute Gasteiger partial charge is 0.481 e. The maximum Gasteiger partial charge on any atom is 0.249 e. The topological polar surface area (TPSA) is 76.6 Å². The van der Waals surface area contributed by atoms with E-state index in [2.05, 4.69) is 20.2 Å². The van der Waals surface area contributed by atoms with Crippen LogP contribution in [0.1, 0.15) is 26.7 Å². The van der Waals surface area contributed by atoms with Gasteiger partial charge in [-0.15, -0.1) is 0 Å². The third-order valence-corrected chi connectivity index (χ3v) is 4.13. The van der Waals surface area contributed by atoms with Gasteiger partial charge in [0.05, 0.1) is 19.3 Å². The van der Waals surface area contributed by atoms with Crippen molar-refractivity contribution in [3.8, 4) is 5.88 Å². The van der Waals surface area contributed by atoms with Gasteiger partial charge in [0.15, 0.2) is 0 Å². The molecule has 1 N–H and O–H groups in total. The highest BCUT2D eigenvalue weighted by Gasteiger charge is 2.46. The summed E-state index contributed by atoms with van der Waals surface area (Å²) in [5, 5.41) is 2.92. The zero-order chi connectivity index (χ0) is 15.7. The molecule has 1 aromatic rings. The van der Waals surface area contributed by atoms with Crippen LogP contribution >= 0.6 is 0 Å². The fourth-order valence-electron chi connectivity index (χ4n) is 3.18. The van der Waals surface area contributed by atoms with E-state index in [0.717, 1.165) is 18.8 Å². The molecule has 2 saturated heterocycles.